The third kappa shape index (κ3) is 3.33. The summed E-state index contributed by atoms with van der Waals surface area (Å²) in [4.78, 5) is 4.70. The average Bonchev–Trinajstić information content (AvgIpc) is 2.99. The first kappa shape index (κ1) is 16.2. The second-order valence-electron chi connectivity index (χ2n) is 5.90. The van der Waals surface area contributed by atoms with Gasteiger partial charge in [-0.1, -0.05) is 23.7 Å². The molecule has 0 saturated carbocycles. The number of sulfone groups is 1. The molecule has 3 rings (SSSR count). The largest absolute Gasteiger partial charge is 0.259 e. The molecular formula is C18H18ClNO2S. The first-order valence-corrected chi connectivity index (χ1v) is 9.78. The summed E-state index contributed by atoms with van der Waals surface area (Å²) in [6.07, 6.45) is 6.16. The van der Waals surface area contributed by atoms with E-state index in [1.165, 1.54) is 17.4 Å². The summed E-state index contributed by atoms with van der Waals surface area (Å²) < 4.78 is 23.2. The lowest BCUT2D eigenvalue weighted by Crippen LogP contribution is -1.97. The normalized spacial score (nSPS) is 15.3. The number of halogens is 1. The maximum atomic E-state index is 11.6. The predicted octanol–water partition coefficient (Wildman–Crippen LogP) is 4.54. The Morgan fingerprint density at radius 1 is 1.04 bits per heavy atom. The number of hydrogen-bond acceptors (Lipinski definition) is 3. The lowest BCUT2D eigenvalue weighted by molar-refractivity contribution is 0.602. The number of aromatic nitrogens is 1. The van der Waals surface area contributed by atoms with Crippen molar-refractivity contribution >= 4 is 32.6 Å². The van der Waals surface area contributed by atoms with Gasteiger partial charge in [0, 0.05) is 12.5 Å². The molecule has 0 fully saturated rings. The van der Waals surface area contributed by atoms with Crippen LogP contribution in [0.1, 0.15) is 36.1 Å². The fourth-order valence-electron chi connectivity index (χ4n) is 2.96. The summed E-state index contributed by atoms with van der Waals surface area (Å²) in [5.41, 5.74) is 5.47. The van der Waals surface area contributed by atoms with Crippen molar-refractivity contribution in [2.75, 3.05) is 6.26 Å². The molecule has 0 aliphatic heterocycles. The summed E-state index contributed by atoms with van der Waals surface area (Å²) in [6.45, 7) is 1.89. The third-order valence-corrected chi connectivity index (χ3v) is 5.73. The molecular weight excluding hydrogens is 330 g/mol. The highest BCUT2D eigenvalue weighted by Crippen LogP contribution is 2.40. The van der Waals surface area contributed by atoms with Crippen LogP contribution in [0.5, 0.6) is 0 Å². The van der Waals surface area contributed by atoms with Crippen LogP contribution in [-0.2, 0) is 9.84 Å². The van der Waals surface area contributed by atoms with Gasteiger partial charge in [-0.25, -0.2) is 8.42 Å². The summed E-state index contributed by atoms with van der Waals surface area (Å²) in [5.74, 6) is 0. The van der Waals surface area contributed by atoms with E-state index in [2.05, 4.69) is 4.98 Å². The first-order chi connectivity index (χ1) is 10.9. The van der Waals surface area contributed by atoms with E-state index in [1.54, 1.807) is 12.1 Å². The fourth-order valence-corrected chi connectivity index (χ4v) is 3.75. The van der Waals surface area contributed by atoms with Crippen LogP contribution in [0, 0.1) is 6.92 Å². The van der Waals surface area contributed by atoms with Crippen LogP contribution in [0.2, 0.25) is 5.02 Å². The Hall–Kier alpha value is -1.65. The van der Waals surface area contributed by atoms with Crippen molar-refractivity contribution < 1.29 is 8.42 Å². The Morgan fingerprint density at radius 2 is 1.65 bits per heavy atom. The maximum absolute atomic E-state index is 11.6. The van der Waals surface area contributed by atoms with Crippen LogP contribution < -0.4 is 0 Å². The van der Waals surface area contributed by atoms with Crippen LogP contribution in [0.3, 0.4) is 0 Å². The minimum absolute atomic E-state index is 0.349. The van der Waals surface area contributed by atoms with E-state index in [0.29, 0.717) is 9.92 Å². The summed E-state index contributed by atoms with van der Waals surface area (Å²) >= 11 is 6.21. The molecule has 1 aliphatic carbocycles. The molecule has 0 saturated heterocycles. The quantitative estimate of drug-likeness (QED) is 0.818. The standard InChI is InChI=1S/C18H18ClNO2S/c1-12-18(19)10-14(11-20-12)17-5-3-4-16(17)13-6-8-15(9-7-13)23(2,21)22/h6-11H,3-5H2,1-2H3. The van der Waals surface area contributed by atoms with Gasteiger partial charge in [-0.05, 0) is 66.7 Å². The highest BCUT2D eigenvalue weighted by molar-refractivity contribution is 7.90. The van der Waals surface area contributed by atoms with E-state index < -0.39 is 9.84 Å². The van der Waals surface area contributed by atoms with Crippen molar-refractivity contribution in [3.05, 3.63) is 58.4 Å². The number of nitrogens with zero attached hydrogens (tertiary/aromatic N) is 1. The van der Waals surface area contributed by atoms with Crippen molar-refractivity contribution in [2.45, 2.75) is 31.1 Å². The molecule has 0 spiro atoms. The third-order valence-electron chi connectivity index (χ3n) is 4.22. The van der Waals surface area contributed by atoms with Crippen molar-refractivity contribution in [3.8, 4) is 0 Å². The summed E-state index contributed by atoms with van der Waals surface area (Å²) in [7, 11) is -3.16. The number of allylic oxidation sites excluding steroid dienone is 2. The van der Waals surface area contributed by atoms with Crippen LogP contribution in [0.15, 0.2) is 41.4 Å². The van der Waals surface area contributed by atoms with Gasteiger partial charge in [0.1, 0.15) is 0 Å². The molecule has 1 aromatic heterocycles. The zero-order valence-corrected chi connectivity index (χ0v) is 14.7. The van der Waals surface area contributed by atoms with Crippen molar-refractivity contribution in [2.24, 2.45) is 0 Å². The minimum atomic E-state index is -3.16. The van der Waals surface area contributed by atoms with E-state index in [4.69, 9.17) is 11.6 Å². The van der Waals surface area contributed by atoms with E-state index in [0.717, 1.165) is 36.1 Å². The molecule has 0 bridgehead atoms. The van der Waals surface area contributed by atoms with E-state index >= 15 is 0 Å². The molecule has 23 heavy (non-hydrogen) atoms. The van der Waals surface area contributed by atoms with E-state index in [9.17, 15) is 8.42 Å². The molecule has 0 radical (unpaired) electrons. The number of rotatable bonds is 3. The van der Waals surface area contributed by atoms with E-state index in [1.807, 2.05) is 31.3 Å². The summed E-state index contributed by atoms with van der Waals surface area (Å²) in [5, 5.41) is 0.675. The fraction of sp³-hybridized carbons (Fsp3) is 0.278. The summed E-state index contributed by atoms with van der Waals surface area (Å²) in [6, 6.07) is 9.10. The van der Waals surface area contributed by atoms with Crippen molar-refractivity contribution in [1.82, 2.24) is 4.98 Å². The van der Waals surface area contributed by atoms with Crippen LogP contribution >= 0.6 is 11.6 Å². The molecule has 0 unspecified atom stereocenters. The van der Waals surface area contributed by atoms with Gasteiger partial charge < -0.3 is 0 Å². The SMILES string of the molecule is Cc1ncc(C2=C(c3ccc(S(C)(=O)=O)cc3)CCC2)cc1Cl. The van der Waals surface area contributed by atoms with Gasteiger partial charge >= 0.3 is 0 Å². The van der Waals surface area contributed by atoms with Crippen molar-refractivity contribution in [3.63, 3.8) is 0 Å². The zero-order chi connectivity index (χ0) is 16.6. The smallest absolute Gasteiger partial charge is 0.175 e. The second-order valence-corrected chi connectivity index (χ2v) is 8.32. The average molecular weight is 348 g/mol. The predicted molar refractivity (Wildman–Crippen MR) is 94.2 cm³/mol. The Balaban J connectivity index is 2.04. The molecule has 0 N–H and O–H groups in total. The Morgan fingerprint density at radius 3 is 2.22 bits per heavy atom. The lowest BCUT2D eigenvalue weighted by Gasteiger charge is -2.10. The Labute approximate surface area is 141 Å². The van der Waals surface area contributed by atoms with Gasteiger partial charge in [0.15, 0.2) is 9.84 Å². The van der Waals surface area contributed by atoms with E-state index in [-0.39, 0.29) is 0 Å². The van der Waals surface area contributed by atoms with Gasteiger partial charge in [0.25, 0.3) is 0 Å². The van der Waals surface area contributed by atoms with Crippen LogP contribution in [0.4, 0.5) is 0 Å². The number of pyridine rings is 1. The molecule has 1 aromatic carbocycles. The van der Waals surface area contributed by atoms with Gasteiger partial charge in [-0.2, -0.15) is 0 Å². The minimum Gasteiger partial charge on any atom is -0.259 e. The Kier molecular flexibility index (Phi) is 4.30. The molecule has 0 atom stereocenters. The second kappa shape index (κ2) is 6.10. The zero-order valence-electron chi connectivity index (χ0n) is 13.1. The number of benzene rings is 1. The van der Waals surface area contributed by atoms with Gasteiger partial charge in [0.2, 0.25) is 0 Å². The molecule has 5 heteroatoms. The Bertz CT molecular complexity index is 884. The highest BCUT2D eigenvalue weighted by atomic mass is 35.5. The molecule has 2 aromatic rings. The van der Waals surface area contributed by atoms with Crippen molar-refractivity contribution in [1.29, 1.82) is 0 Å². The monoisotopic (exact) mass is 347 g/mol. The molecule has 1 heterocycles. The molecule has 0 amide bonds. The first-order valence-electron chi connectivity index (χ1n) is 7.51. The van der Waals surface area contributed by atoms with Gasteiger partial charge in [-0.15, -0.1) is 0 Å². The lowest BCUT2D eigenvalue weighted by atomic mass is 9.98. The highest BCUT2D eigenvalue weighted by Gasteiger charge is 2.19. The topological polar surface area (TPSA) is 47.0 Å². The number of aryl methyl sites for hydroxylation is 1. The van der Waals surface area contributed by atoms with Gasteiger partial charge in [-0.3, -0.25) is 4.98 Å². The van der Waals surface area contributed by atoms with Crippen LogP contribution in [-0.4, -0.2) is 19.7 Å². The molecule has 3 nitrogen and oxygen atoms in total. The molecule has 120 valence electrons. The maximum Gasteiger partial charge on any atom is 0.175 e. The molecule has 1 aliphatic rings. The van der Waals surface area contributed by atoms with Gasteiger partial charge in [0.05, 0.1) is 15.6 Å². The number of hydrogen-bond donors (Lipinski definition) is 0. The van der Waals surface area contributed by atoms with Crippen LogP contribution in [0.25, 0.3) is 11.1 Å².